The second-order valence-corrected chi connectivity index (χ2v) is 8.65. The van der Waals surface area contributed by atoms with Crippen molar-refractivity contribution < 1.29 is 4.79 Å². The fourth-order valence-corrected chi connectivity index (χ4v) is 5.22. The second kappa shape index (κ2) is 7.88. The van der Waals surface area contributed by atoms with Crippen molar-refractivity contribution in [3.8, 4) is 10.4 Å². The molecule has 4 heteroatoms. The van der Waals surface area contributed by atoms with Crippen LogP contribution in [0.4, 0.5) is 5.69 Å². The maximum Gasteiger partial charge on any atom is 0.231 e. The SMILES string of the molecule is CC[C@H](C(=O)Nc1cc2c(c(-c3cc4ccccc4s3)c1)CN=C2)c1ccccc1. The molecule has 148 valence electrons. The first kappa shape index (κ1) is 18.8. The number of carbonyl (C=O) groups excluding carboxylic acids is 1. The quantitative estimate of drug-likeness (QED) is 0.394. The number of thiophene rings is 1. The van der Waals surface area contributed by atoms with Crippen molar-refractivity contribution in [3.05, 3.63) is 89.5 Å². The highest BCUT2D eigenvalue weighted by atomic mass is 32.1. The van der Waals surface area contributed by atoms with E-state index in [1.807, 2.05) is 42.6 Å². The monoisotopic (exact) mass is 410 g/mol. The largest absolute Gasteiger partial charge is 0.326 e. The summed E-state index contributed by atoms with van der Waals surface area (Å²) in [5, 5.41) is 4.41. The lowest BCUT2D eigenvalue weighted by molar-refractivity contribution is -0.117. The van der Waals surface area contributed by atoms with Gasteiger partial charge in [0.1, 0.15) is 0 Å². The molecule has 1 aromatic heterocycles. The van der Waals surface area contributed by atoms with Crippen LogP contribution < -0.4 is 5.32 Å². The summed E-state index contributed by atoms with van der Waals surface area (Å²) in [7, 11) is 0. The van der Waals surface area contributed by atoms with Gasteiger partial charge >= 0.3 is 0 Å². The molecule has 1 aliphatic heterocycles. The number of anilines is 1. The van der Waals surface area contributed by atoms with E-state index in [1.54, 1.807) is 11.3 Å². The summed E-state index contributed by atoms with van der Waals surface area (Å²) >= 11 is 1.78. The molecule has 4 aromatic rings. The van der Waals surface area contributed by atoms with Crippen LogP contribution in [0.2, 0.25) is 0 Å². The number of rotatable bonds is 5. The Bertz CT molecular complexity index is 1220. The minimum atomic E-state index is -0.166. The first-order valence-electron chi connectivity index (χ1n) is 10.2. The van der Waals surface area contributed by atoms with E-state index < -0.39 is 0 Å². The van der Waals surface area contributed by atoms with Crippen LogP contribution in [-0.2, 0) is 11.3 Å². The molecule has 1 N–H and O–H groups in total. The van der Waals surface area contributed by atoms with Crippen LogP contribution in [-0.4, -0.2) is 12.1 Å². The van der Waals surface area contributed by atoms with Gasteiger partial charge < -0.3 is 5.32 Å². The van der Waals surface area contributed by atoms with Gasteiger partial charge in [0.25, 0.3) is 0 Å². The van der Waals surface area contributed by atoms with Crippen molar-refractivity contribution in [1.29, 1.82) is 0 Å². The lowest BCUT2D eigenvalue weighted by atomic mass is 9.95. The Kier molecular flexibility index (Phi) is 4.93. The zero-order valence-electron chi connectivity index (χ0n) is 16.8. The number of nitrogens with zero attached hydrogens (tertiary/aromatic N) is 1. The van der Waals surface area contributed by atoms with E-state index in [0.717, 1.165) is 28.8 Å². The normalized spacial score (nSPS) is 13.4. The molecule has 1 amide bonds. The molecule has 5 rings (SSSR count). The average Bonchev–Trinajstić information content (AvgIpc) is 3.41. The number of carbonyl (C=O) groups is 1. The minimum absolute atomic E-state index is 0.0286. The van der Waals surface area contributed by atoms with Gasteiger partial charge in [-0.3, -0.25) is 9.79 Å². The third-order valence-electron chi connectivity index (χ3n) is 5.65. The van der Waals surface area contributed by atoms with Crippen molar-refractivity contribution in [2.75, 3.05) is 5.32 Å². The molecule has 0 bridgehead atoms. The maximum atomic E-state index is 13.1. The van der Waals surface area contributed by atoms with Crippen LogP contribution in [0.1, 0.15) is 36.0 Å². The van der Waals surface area contributed by atoms with Gasteiger partial charge in [0, 0.05) is 27.0 Å². The Labute approximate surface area is 180 Å². The van der Waals surface area contributed by atoms with Crippen molar-refractivity contribution in [2.45, 2.75) is 25.8 Å². The molecule has 2 heterocycles. The van der Waals surface area contributed by atoms with Crippen LogP contribution >= 0.6 is 11.3 Å². The predicted molar refractivity (Wildman–Crippen MR) is 127 cm³/mol. The van der Waals surface area contributed by atoms with Crippen LogP contribution in [0.5, 0.6) is 0 Å². The van der Waals surface area contributed by atoms with E-state index in [0.29, 0.717) is 6.54 Å². The first-order valence-corrected chi connectivity index (χ1v) is 11.1. The maximum absolute atomic E-state index is 13.1. The van der Waals surface area contributed by atoms with Crippen LogP contribution in [0.15, 0.2) is 77.8 Å². The highest BCUT2D eigenvalue weighted by molar-refractivity contribution is 7.22. The number of hydrogen-bond acceptors (Lipinski definition) is 3. The van der Waals surface area contributed by atoms with Gasteiger partial charge in [-0.25, -0.2) is 0 Å². The molecule has 1 aliphatic rings. The summed E-state index contributed by atoms with van der Waals surface area (Å²) < 4.78 is 1.27. The van der Waals surface area contributed by atoms with Gasteiger partial charge in [0.15, 0.2) is 0 Å². The van der Waals surface area contributed by atoms with Crippen molar-refractivity contribution >= 4 is 39.2 Å². The highest BCUT2D eigenvalue weighted by Gasteiger charge is 2.21. The lowest BCUT2D eigenvalue weighted by Crippen LogP contribution is -2.20. The van der Waals surface area contributed by atoms with E-state index in [9.17, 15) is 4.79 Å². The molecule has 0 aliphatic carbocycles. The molecule has 0 unspecified atom stereocenters. The summed E-state index contributed by atoms with van der Waals surface area (Å²) in [5.74, 6) is -0.137. The van der Waals surface area contributed by atoms with E-state index in [-0.39, 0.29) is 11.8 Å². The Hall–Kier alpha value is -3.24. The van der Waals surface area contributed by atoms with Crippen molar-refractivity contribution in [3.63, 3.8) is 0 Å². The predicted octanol–water partition coefficient (Wildman–Crippen LogP) is 6.63. The molecular formula is C26H22N2OS. The molecule has 0 saturated heterocycles. The van der Waals surface area contributed by atoms with E-state index in [4.69, 9.17) is 0 Å². The molecule has 1 atom stereocenters. The minimum Gasteiger partial charge on any atom is -0.326 e. The van der Waals surface area contributed by atoms with Crippen LogP contribution in [0.3, 0.4) is 0 Å². The fourth-order valence-electron chi connectivity index (χ4n) is 4.12. The number of aliphatic imine (C=N–C) groups is 1. The number of hydrogen-bond donors (Lipinski definition) is 1. The van der Waals surface area contributed by atoms with Gasteiger partial charge in [-0.15, -0.1) is 11.3 Å². The zero-order valence-corrected chi connectivity index (χ0v) is 17.6. The number of amides is 1. The standard InChI is InChI=1S/C26H22N2OS/c1-2-21(17-8-4-3-5-9-17)26(29)28-20-12-19-15-27-16-23(19)22(14-20)25-13-18-10-6-7-11-24(18)30-25/h3-15,21H,2,16H2,1H3,(H,28,29)/t21-/m0/s1. The van der Waals surface area contributed by atoms with Crippen molar-refractivity contribution in [2.24, 2.45) is 4.99 Å². The Morgan fingerprint density at radius 3 is 2.67 bits per heavy atom. The van der Waals surface area contributed by atoms with Gasteiger partial charge in [-0.1, -0.05) is 55.5 Å². The summed E-state index contributed by atoms with van der Waals surface area (Å²) in [6, 6.07) is 24.8. The Morgan fingerprint density at radius 2 is 1.87 bits per heavy atom. The van der Waals surface area contributed by atoms with E-state index >= 15 is 0 Å². The molecular weight excluding hydrogens is 388 g/mol. The third-order valence-corrected chi connectivity index (χ3v) is 6.80. The molecule has 30 heavy (non-hydrogen) atoms. The number of benzene rings is 3. The highest BCUT2D eigenvalue weighted by Crippen LogP contribution is 2.39. The molecule has 3 nitrogen and oxygen atoms in total. The fraction of sp³-hybridized carbons (Fsp3) is 0.154. The number of nitrogens with one attached hydrogen (secondary N) is 1. The topological polar surface area (TPSA) is 41.5 Å². The van der Waals surface area contributed by atoms with Gasteiger partial charge in [-0.05, 0) is 52.8 Å². The average molecular weight is 411 g/mol. The summed E-state index contributed by atoms with van der Waals surface area (Å²) in [6.45, 7) is 2.74. The molecule has 3 aromatic carbocycles. The summed E-state index contributed by atoms with van der Waals surface area (Å²) in [6.07, 6.45) is 2.67. The summed E-state index contributed by atoms with van der Waals surface area (Å²) in [4.78, 5) is 18.8. The van der Waals surface area contributed by atoms with Gasteiger partial charge in [-0.2, -0.15) is 0 Å². The molecule has 0 spiro atoms. The van der Waals surface area contributed by atoms with Crippen LogP contribution in [0.25, 0.3) is 20.5 Å². The second-order valence-electron chi connectivity index (χ2n) is 7.57. The first-order chi connectivity index (χ1) is 14.7. The molecule has 0 fully saturated rings. The number of fused-ring (bicyclic) bond motifs is 2. The van der Waals surface area contributed by atoms with Crippen molar-refractivity contribution in [1.82, 2.24) is 0 Å². The molecule has 0 saturated carbocycles. The van der Waals surface area contributed by atoms with Gasteiger partial charge in [0.2, 0.25) is 5.91 Å². The third kappa shape index (κ3) is 3.44. The Balaban J connectivity index is 1.51. The van der Waals surface area contributed by atoms with Gasteiger partial charge in [0.05, 0.1) is 12.5 Å². The lowest BCUT2D eigenvalue weighted by Gasteiger charge is -2.17. The zero-order chi connectivity index (χ0) is 20.5. The smallest absolute Gasteiger partial charge is 0.231 e. The molecule has 0 radical (unpaired) electrons. The van der Waals surface area contributed by atoms with E-state index in [1.165, 1.54) is 20.5 Å². The van der Waals surface area contributed by atoms with E-state index in [2.05, 4.69) is 53.6 Å². The Morgan fingerprint density at radius 1 is 1.07 bits per heavy atom. The summed E-state index contributed by atoms with van der Waals surface area (Å²) in [5.41, 5.74) is 5.36. The van der Waals surface area contributed by atoms with Crippen LogP contribution in [0, 0.1) is 0 Å².